The number of benzene rings is 2. The third kappa shape index (κ3) is 5.15. The molecule has 0 spiro atoms. The predicted octanol–water partition coefficient (Wildman–Crippen LogP) is 4.05. The molecule has 1 aromatic heterocycles. The summed E-state index contributed by atoms with van der Waals surface area (Å²) < 4.78 is 19.2. The minimum atomic E-state index is -0.294. The van der Waals surface area contributed by atoms with Gasteiger partial charge in [-0.25, -0.2) is 4.39 Å². The molecule has 5 nitrogen and oxygen atoms in total. The number of hydrogen-bond donors (Lipinski definition) is 1. The van der Waals surface area contributed by atoms with Crippen LogP contribution in [0.2, 0.25) is 5.02 Å². The van der Waals surface area contributed by atoms with E-state index in [0.29, 0.717) is 23.6 Å². The lowest BCUT2D eigenvalue weighted by atomic mass is 10.1. The van der Waals surface area contributed by atoms with E-state index in [1.807, 2.05) is 18.2 Å². The third-order valence-electron chi connectivity index (χ3n) is 5.16. The number of aromatic nitrogens is 1. The maximum atomic E-state index is 13.8. The first-order chi connectivity index (χ1) is 14.2. The number of rotatable bonds is 7. The first kappa shape index (κ1) is 19.9. The molecule has 0 radical (unpaired) electrons. The van der Waals surface area contributed by atoms with Gasteiger partial charge in [-0.1, -0.05) is 35.0 Å². The van der Waals surface area contributed by atoms with Gasteiger partial charge in [0, 0.05) is 61.6 Å². The summed E-state index contributed by atoms with van der Waals surface area (Å²) in [5.74, 6) is 0.409. The molecular weight excluding hydrogens is 391 g/mol. The predicted molar refractivity (Wildman–Crippen MR) is 114 cm³/mol. The van der Waals surface area contributed by atoms with Crippen molar-refractivity contribution in [2.45, 2.75) is 6.54 Å². The van der Waals surface area contributed by atoms with Crippen molar-refractivity contribution < 1.29 is 8.91 Å². The van der Waals surface area contributed by atoms with Crippen molar-refractivity contribution in [1.82, 2.24) is 15.4 Å². The highest BCUT2D eigenvalue weighted by molar-refractivity contribution is 6.30. The molecule has 29 heavy (non-hydrogen) atoms. The molecule has 4 rings (SSSR count). The van der Waals surface area contributed by atoms with Crippen LogP contribution in [-0.2, 0) is 6.54 Å². The lowest BCUT2D eigenvalue weighted by Gasteiger charge is -2.36. The maximum Gasteiger partial charge on any atom is 0.151 e. The molecule has 3 aromatic rings. The average Bonchev–Trinajstić information content (AvgIpc) is 3.21. The highest BCUT2D eigenvalue weighted by Crippen LogP contribution is 2.22. The molecule has 1 aliphatic heterocycles. The summed E-state index contributed by atoms with van der Waals surface area (Å²) in [6, 6.07) is 16.4. The number of nitrogens with zero attached hydrogens (tertiary/aromatic N) is 3. The zero-order valence-corrected chi connectivity index (χ0v) is 16.9. The molecular formula is C22H24ClFN4O. The average molecular weight is 415 g/mol. The van der Waals surface area contributed by atoms with Crippen LogP contribution in [0.3, 0.4) is 0 Å². The van der Waals surface area contributed by atoms with Crippen LogP contribution in [0.1, 0.15) is 5.76 Å². The first-order valence-electron chi connectivity index (χ1n) is 9.83. The van der Waals surface area contributed by atoms with Crippen molar-refractivity contribution in [3.63, 3.8) is 0 Å². The summed E-state index contributed by atoms with van der Waals surface area (Å²) in [7, 11) is 0. The van der Waals surface area contributed by atoms with Crippen LogP contribution in [-0.4, -0.2) is 49.3 Å². The summed E-state index contributed by atoms with van der Waals surface area (Å²) >= 11 is 6.10. The molecule has 1 N–H and O–H groups in total. The fraction of sp³-hybridized carbons (Fsp3) is 0.318. The number of nitrogens with one attached hydrogen (secondary N) is 1. The maximum absolute atomic E-state index is 13.8. The summed E-state index contributed by atoms with van der Waals surface area (Å²) in [6.07, 6.45) is 0. The molecule has 0 atom stereocenters. The molecule has 1 aliphatic rings. The number of anilines is 1. The molecule has 2 heterocycles. The number of piperazine rings is 1. The van der Waals surface area contributed by atoms with Gasteiger partial charge in [-0.15, -0.1) is 0 Å². The number of hydrogen-bond acceptors (Lipinski definition) is 5. The van der Waals surface area contributed by atoms with Gasteiger partial charge < -0.3 is 14.7 Å². The van der Waals surface area contributed by atoms with Gasteiger partial charge in [0.15, 0.2) is 5.76 Å². The van der Waals surface area contributed by atoms with Crippen molar-refractivity contribution >= 4 is 17.3 Å². The Kier molecular flexibility index (Phi) is 6.44. The topological polar surface area (TPSA) is 44.5 Å². The Hall–Kier alpha value is -2.41. The normalized spacial score (nSPS) is 15.0. The van der Waals surface area contributed by atoms with E-state index in [-0.39, 0.29) is 5.82 Å². The van der Waals surface area contributed by atoms with Crippen LogP contribution in [0.25, 0.3) is 11.3 Å². The van der Waals surface area contributed by atoms with Crippen LogP contribution in [0, 0.1) is 5.82 Å². The quantitative estimate of drug-likeness (QED) is 0.591. The Morgan fingerprint density at radius 1 is 1.03 bits per heavy atom. The molecule has 2 aromatic carbocycles. The molecule has 1 fully saturated rings. The van der Waals surface area contributed by atoms with Gasteiger partial charge >= 0.3 is 0 Å². The Morgan fingerprint density at radius 3 is 2.66 bits per heavy atom. The highest BCUT2D eigenvalue weighted by atomic mass is 35.5. The molecule has 152 valence electrons. The van der Waals surface area contributed by atoms with Crippen molar-refractivity contribution in [2.24, 2.45) is 0 Å². The van der Waals surface area contributed by atoms with Gasteiger partial charge in [0.2, 0.25) is 0 Å². The summed E-state index contributed by atoms with van der Waals surface area (Å²) in [4.78, 5) is 4.81. The second-order valence-corrected chi connectivity index (χ2v) is 7.58. The van der Waals surface area contributed by atoms with E-state index in [4.69, 9.17) is 16.1 Å². The Morgan fingerprint density at radius 2 is 1.86 bits per heavy atom. The van der Waals surface area contributed by atoms with Gasteiger partial charge in [-0.3, -0.25) is 4.90 Å². The smallest absolute Gasteiger partial charge is 0.151 e. The Bertz CT molecular complexity index is 940. The molecule has 1 saturated heterocycles. The first-order valence-corrected chi connectivity index (χ1v) is 10.2. The Labute approximate surface area is 175 Å². The molecule has 0 bridgehead atoms. The van der Waals surface area contributed by atoms with Crippen LogP contribution < -0.4 is 10.2 Å². The highest BCUT2D eigenvalue weighted by Gasteiger charge is 2.17. The summed E-state index contributed by atoms with van der Waals surface area (Å²) in [5, 5.41) is 8.13. The summed E-state index contributed by atoms with van der Waals surface area (Å²) in [6.45, 7) is 6.43. The lowest BCUT2D eigenvalue weighted by molar-refractivity contribution is 0.255. The van der Waals surface area contributed by atoms with E-state index < -0.39 is 0 Å². The van der Waals surface area contributed by atoms with Crippen molar-refractivity contribution in [2.75, 3.05) is 44.2 Å². The van der Waals surface area contributed by atoms with Gasteiger partial charge in [-0.05, 0) is 30.3 Å². The van der Waals surface area contributed by atoms with Gasteiger partial charge in [0.1, 0.15) is 11.5 Å². The largest absolute Gasteiger partial charge is 0.369 e. The zero-order chi connectivity index (χ0) is 20.1. The van der Waals surface area contributed by atoms with Crippen LogP contribution in [0.5, 0.6) is 0 Å². The van der Waals surface area contributed by atoms with E-state index >= 15 is 0 Å². The third-order valence-corrected chi connectivity index (χ3v) is 5.39. The fourth-order valence-electron chi connectivity index (χ4n) is 3.54. The van der Waals surface area contributed by atoms with Crippen LogP contribution in [0.4, 0.5) is 10.1 Å². The standard InChI is InChI=1S/C22H24ClFN4O/c23-17-4-3-5-18(14-17)28-12-10-27(11-13-28)9-8-25-16-19-15-22(26-29-19)20-6-1-2-7-21(20)24/h1-7,14-15,25H,8-13,16H2. The molecule has 0 unspecified atom stereocenters. The number of halogens is 2. The molecule has 0 saturated carbocycles. The van der Waals surface area contributed by atoms with Crippen molar-refractivity contribution in [3.8, 4) is 11.3 Å². The van der Waals surface area contributed by atoms with Gasteiger partial charge in [0.05, 0.1) is 6.54 Å². The van der Waals surface area contributed by atoms with E-state index in [9.17, 15) is 4.39 Å². The molecule has 0 amide bonds. The minimum Gasteiger partial charge on any atom is -0.369 e. The van der Waals surface area contributed by atoms with E-state index in [1.54, 1.807) is 24.3 Å². The van der Waals surface area contributed by atoms with Gasteiger partial charge in [-0.2, -0.15) is 0 Å². The zero-order valence-electron chi connectivity index (χ0n) is 16.2. The fourth-order valence-corrected chi connectivity index (χ4v) is 3.73. The van der Waals surface area contributed by atoms with Crippen molar-refractivity contribution in [3.05, 3.63) is 71.2 Å². The second-order valence-electron chi connectivity index (χ2n) is 7.14. The molecule has 0 aliphatic carbocycles. The minimum absolute atomic E-state index is 0.294. The van der Waals surface area contributed by atoms with E-state index in [2.05, 4.69) is 26.3 Å². The van der Waals surface area contributed by atoms with Crippen LogP contribution >= 0.6 is 11.6 Å². The van der Waals surface area contributed by atoms with Gasteiger partial charge in [0.25, 0.3) is 0 Å². The van der Waals surface area contributed by atoms with Crippen molar-refractivity contribution in [1.29, 1.82) is 0 Å². The second kappa shape index (κ2) is 9.39. The van der Waals surface area contributed by atoms with E-state index in [0.717, 1.165) is 44.3 Å². The van der Waals surface area contributed by atoms with Crippen LogP contribution in [0.15, 0.2) is 59.1 Å². The Balaban J connectivity index is 1.19. The monoisotopic (exact) mass is 414 g/mol. The SMILES string of the molecule is Fc1ccccc1-c1cc(CNCCN2CCN(c3cccc(Cl)c3)CC2)on1. The summed E-state index contributed by atoms with van der Waals surface area (Å²) in [5.41, 5.74) is 2.17. The molecule has 7 heteroatoms. The lowest BCUT2D eigenvalue weighted by Crippen LogP contribution is -2.48. The van der Waals surface area contributed by atoms with E-state index in [1.165, 1.54) is 11.8 Å².